The lowest BCUT2D eigenvalue weighted by atomic mass is 9.75. The van der Waals surface area contributed by atoms with E-state index in [-0.39, 0.29) is 18.1 Å². The summed E-state index contributed by atoms with van der Waals surface area (Å²) in [6.45, 7) is 6.74. The lowest BCUT2D eigenvalue weighted by Gasteiger charge is -2.40. The van der Waals surface area contributed by atoms with Gasteiger partial charge in [0.1, 0.15) is 6.35 Å². The van der Waals surface area contributed by atoms with Crippen molar-refractivity contribution in [3.8, 4) is 0 Å². The van der Waals surface area contributed by atoms with Gasteiger partial charge in [0.2, 0.25) is 7.37 Å². The van der Waals surface area contributed by atoms with Crippen LogP contribution in [0.5, 0.6) is 0 Å². The third kappa shape index (κ3) is 4.33. The summed E-state index contributed by atoms with van der Waals surface area (Å²) in [5, 5.41) is 9.77. The lowest BCUT2D eigenvalue weighted by Crippen LogP contribution is -2.35. The molecule has 4 atom stereocenters. The Hall–Kier alpha value is 0.150. The second-order valence-corrected chi connectivity index (χ2v) is 10.3. The van der Waals surface area contributed by atoms with Gasteiger partial charge in [0.25, 0.3) is 0 Å². The Labute approximate surface area is 130 Å². The normalized spacial score (nSPS) is 34.8. The van der Waals surface area contributed by atoms with Crippen molar-refractivity contribution in [1.29, 1.82) is 0 Å². The van der Waals surface area contributed by atoms with Crippen LogP contribution in [-0.4, -0.2) is 23.2 Å². The summed E-state index contributed by atoms with van der Waals surface area (Å²) >= 11 is 0. The van der Waals surface area contributed by atoms with Crippen LogP contribution in [0.1, 0.15) is 72.1 Å². The van der Waals surface area contributed by atoms with Gasteiger partial charge in [-0.05, 0) is 43.4 Å². The molecule has 124 valence electrons. The highest BCUT2D eigenvalue weighted by molar-refractivity contribution is 7.59. The van der Waals surface area contributed by atoms with E-state index in [1.807, 2.05) is 0 Å². The molecule has 0 aromatic rings. The lowest BCUT2D eigenvalue weighted by molar-refractivity contribution is 0.0432. The van der Waals surface area contributed by atoms with E-state index < -0.39 is 7.37 Å². The van der Waals surface area contributed by atoms with E-state index in [2.05, 4.69) is 20.8 Å². The maximum absolute atomic E-state index is 13.2. The van der Waals surface area contributed by atoms with Gasteiger partial charge in [-0.3, -0.25) is 4.57 Å². The average molecular weight is 316 g/mol. The van der Waals surface area contributed by atoms with Crippen molar-refractivity contribution in [3.05, 3.63) is 0 Å². The molecule has 3 nitrogen and oxygen atoms in total. The summed E-state index contributed by atoms with van der Waals surface area (Å²) in [6, 6.07) is 0. The molecule has 0 saturated heterocycles. The molecule has 2 saturated carbocycles. The molecule has 1 N–H and O–H groups in total. The second kappa shape index (κ2) is 7.62. The van der Waals surface area contributed by atoms with Crippen LogP contribution >= 0.6 is 7.37 Å². The van der Waals surface area contributed by atoms with Crippen LogP contribution < -0.4 is 0 Å². The van der Waals surface area contributed by atoms with Gasteiger partial charge in [-0.2, -0.15) is 0 Å². The van der Waals surface area contributed by atoms with Crippen molar-refractivity contribution in [2.24, 2.45) is 17.8 Å². The van der Waals surface area contributed by atoms with Crippen molar-refractivity contribution < 1.29 is 14.2 Å². The minimum atomic E-state index is -2.89. The molecule has 21 heavy (non-hydrogen) atoms. The third-order valence-corrected chi connectivity index (χ3v) is 8.25. The molecule has 0 radical (unpaired) electrons. The summed E-state index contributed by atoms with van der Waals surface area (Å²) in [5.74, 6) is 1.69. The fraction of sp³-hybridized carbons (Fsp3) is 1.00. The molecule has 1 unspecified atom stereocenters. The average Bonchev–Trinajstić information content (AvgIpc) is 2.47. The molecule has 0 spiro atoms. The van der Waals surface area contributed by atoms with E-state index in [0.717, 1.165) is 32.1 Å². The van der Waals surface area contributed by atoms with Crippen LogP contribution in [0.15, 0.2) is 0 Å². The van der Waals surface area contributed by atoms with Crippen LogP contribution in [0.4, 0.5) is 0 Å². The van der Waals surface area contributed by atoms with Crippen LogP contribution in [0.3, 0.4) is 0 Å². The number of aliphatic hydroxyl groups excluding tert-OH is 1. The van der Waals surface area contributed by atoms with E-state index in [1.165, 1.54) is 19.3 Å². The number of rotatable bonds is 5. The zero-order chi connectivity index (χ0) is 15.5. The van der Waals surface area contributed by atoms with E-state index in [0.29, 0.717) is 17.8 Å². The minimum absolute atomic E-state index is 0.0775. The standard InChI is InChI=1S/C17H33O3P/c1-13(2)16-10-9-14(3)11-17(16)20-21(19,12-18)15-7-5-4-6-8-15/h13-18H,4-12H2,1-3H3/t14-,16+,17-,21?/m1/s1. The van der Waals surface area contributed by atoms with Crippen molar-refractivity contribution in [1.82, 2.24) is 0 Å². The first kappa shape index (κ1) is 17.5. The van der Waals surface area contributed by atoms with Gasteiger partial charge in [0.15, 0.2) is 0 Å². The molecule has 0 aromatic heterocycles. The van der Waals surface area contributed by atoms with Crippen molar-refractivity contribution in [2.75, 3.05) is 6.35 Å². The van der Waals surface area contributed by atoms with Gasteiger partial charge in [-0.25, -0.2) is 0 Å². The zero-order valence-electron chi connectivity index (χ0n) is 14.0. The van der Waals surface area contributed by atoms with E-state index >= 15 is 0 Å². The Bertz CT molecular complexity index is 363. The molecular weight excluding hydrogens is 283 g/mol. The summed E-state index contributed by atoms with van der Waals surface area (Å²) in [6.07, 6.45) is 8.64. The summed E-state index contributed by atoms with van der Waals surface area (Å²) in [5.41, 5.74) is 0.0984. The number of hydrogen-bond acceptors (Lipinski definition) is 3. The van der Waals surface area contributed by atoms with E-state index in [9.17, 15) is 9.67 Å². The van der Waals surface area contributed by atoms with Gasteiger partial charge in [0.05, 0.1) is 6.10 Å². The quantitative estimate of drug-likeness (QED) is 0.724. The summed E-state index contributed by atoms with van der Waals surface area (Å²) in [7, 11) is -2.89. The molecular formula is C17H33O3P. The highest BCUT2D eigenvalue weighted by Gasteiger charge is 2.41. The van der Waals surface area contributed by atoms with E-state index in [4.69, 9.17) is 4.52 Å². The van der Waals surface area contributed by atoms with Crippen molar-refractivity contribution in [3.63, 3.8) is 0 Å². The molecule has 0 heterocycles. The van der Waals surface area contributed by atoms with Gasteiger partial charge in [-0.15, -0.1) is 0 Å². The Morgan fingerprint density at radius 2 is 1.81 bits per heavy atom. The van der Waals surface area contributed by atoms with Crippen molar-refractivity contribution in [2.45, 2.75) is 83.9 Å². The zero-order valence-corrected chi connectivity index (χ0v) is 14.9. The maximum Gasteiger partial charge on any atom is 0.230 e. The molecule has 2 rings (SSSR count). The predicted octanol–water partition coefficient (Wildman–Crippen LogP) is 5.02. The molecule has 0 aliphatic heterocycles. The highest BCUT2D eigenvalue weighted by atomic mass is 31.2. The highest BCUT2D eigenvalue weighted by Crippen LogP contribution is 2.58. The third-order valence-electron chi connectivity index (χ3n) is 5.60. The molecule has 0 bridgehead atoms. The van der Waals surface area contributed by atoms with Gasteiger partial charge in [0, 0.05) is 5.66 Å². The van der Waals surface area contributed by atoms with Crippen LogP contribution in [0.2, 0.25) is 0 Å². The molecule has 4 heteroatoms. The molecule has 2 aliphatic carbocycles. The molecule has 2 aliphatic rings. The van der Waals surface area contributed by atoms with Crippen molar-refractivity contribution >= 4 is 7.37 Å². The van der Waals surface area contributed by atoms with Gasteiger partial charge in [-0.1, -0.05) is 46.5 Å². The Morgan fingerprint density at radius 3 is 2.38 bits per heavy atom. The van der Waals surface area contributed by atoms with Crippen LogP contribution in [-0.2, 0) is 9.09 Å². The summed E-state index contributed by atoms with van der Waals surface area (Å²) in [4.78, 5) is 0. The monoisotopic (exact) mass is 316 g/mol. The van der Waals surface area contributed by atoms with E-state index in [1.54, 1.807) is 0 Å². The first-order chi connectivity index (χ1) is 9.96. The predicted molar refractivity (Wildman–Crippen MR) is 87.8 cm³/mol. The second-order valence-electron chi connectivity index (χ2n) is 7.63. The molecule has 0 aromatic carbocycles. The minimum Gasteiger partial charge on any atom is -0.386 e. The number of aliphatic hydroxyl groups is 1. The first-order valence-corrected chi connectivity index (χ1v) is 10.7. The topological polar surface area (TPSA) is 46.5 Å². The maximum atomic E-state index is 13.2. The largest absolute Gasteiger partial charge is 0.386 e. The SMILES string of the molecule is CC(C)[C@@H]1CC[C@@H](C)C[C@H]1OP(=O)(CO)C1CCCCC1. The fourth-order valence-corrected chi connectivity index (χ4v) is 6.50. The van der Waals surface area contributed by atoms with Crippen LogP contribution in [0, 0.1) is 17.8 Å². The molecule has 2 fully saturated rings. The Kier molecular flexibility index (Phi) is 6.35. The fourth-order valence-electron chi connectivity index (χ4n) is 4.17. The summed E-state index contributed by atoms with van der Waals surface area (Å²) < 4.78 is 19.4. The Balaban J connectivity index is 2.08. The first-order valence-electron chi connectivity index (χ1n) is 8.84. The van der Waals surface area contributed by atoms with Gasteiger partial charge < -0.3 is 9.63 Å². The number of hydrogen-bond donors (Lipinski definition) is 1. The Morgan fingerprint density at radius 1 is 1.14 bits per heavy atom. The smallest absolute Gasteiger partial charge is 0.230 e. The molecule has 0 amide bonds. The van der Waals surface area contributed by atoms with Gasteiger partial charge >= 0.3 is 0 Å². The van der Waals surface area contributed by atoms with Crippen LogP contribution in [0.25, 0.3) is 0 Å².